The molecular weight excluding hydrogens is 248 g/mol. The summed E-state index contributed by atoms with van der Waals surface area (Å²) in [4.78, 5) is 4.37. The van der Waals surface area contributed by atoms with E-state index in [0.717, 1.165) is 37.6 Å². The largest absolute Gasteiger partial charge is 0.446 e. The first-order valence-electron chi connectivity index (χ1n) is 7.40. The van der Waals surface area contributed by atoms with Crippen LogP contribution in [0.2, 0.25) is 0 Å². The molecule has 105 valence electrons. The van der Waals surface area contributed by atoms with Gasteiger partial charge in [-0.2, -0.15) is 0 Å². The zero-order valence-electron chi connectivity index (χ0n) is 12.2. The van der Waals surface area contributed by atoms with Gasteiger partial charge >= 0.3 is 0 Å². The summed E-state index contributed by atoms with van der Waals surface area (Å²) in [5.41, 5.74) is 2.78. The molecule has 2 heterocycles. The summed E-state index contributed by atoms with van der Waals surface area (Å²) in [6.07, 6.45) is 3.97. The molecule has 0 spiro atoms. The number of rotatable bonds is 3. The van der Waals surface area contributed by atoms with Crippen LogP contribution in [0.5, 0.6) is 0 Å². The average molecular weight is 269 g/mol. The van der Waals surface area contributed by atoms with E-state index in [1.807, 2.05) is 6.92 Å². The predicted octanol–water partition coefficient (Wildman–Crippen LogP) is 3.42. The third-order valence-electron chi connectivity index (χ3n) is 4.12. The standard InChI is InChI=1S/C17H21N2O/c1-3-13-4-6-14(7-5-13)15-8-16(11-18-10-15)17-19-9-12(2)20-17/h4-7,9,15-16H,3,8,10-11H2,1-2H3. The van der Waals surface area contributed by atoms with E-state index in [1.54, 1.807) is 6.20 Å². The normalized spacial score (nSPS) is 22.9. The molecule has 1 saturated heterocycles. The molecule has 1 aromatic carbocycles. The maximum atomic E-state index is 5.67. The van der Waals surface area contributed by atoms with Crippen LogP contribution in [0.1, 0.15) is 48.0 Å². The highest BCUT2D eigenvalue weighted by Gasteiger charge is 2.27. The van der Waals surface area contributed by atoms with Crippen molar-refractivity contribution in [3.8, 4) is 0 Å². The Morgan fingerprint density at radius 2 is 1.90 bits per heavy atom. The molecule has 1 aromatic heterocycles. The minimum Gasteiger partial charge on any atom is -0.446 e. The van der Waals surface area contributed by atoms with Crippen LogP contribution in [0, 0.1) is 6.92 Å². The van der Waals surface area contributed by atoms with Crippen LogP contribution in [0.15, 0.2) is 34.9 Å². The molecule has 3 rings (SSSR count). The maximum Gasteiger partial charge on any atom is 0.198 e. The molecule has 0 N–H and O–H groups in total. The number of benzene rings is 1. The van der Waals surface area contributed by atoms with Crippen LogP contribution >= 0.6 is 0 Å². The van der Waals surface area contributed by atoms with Gasteiger partial charge in [0.25, 0.3) is 0 Å². The van der Waals surface area contributed by atoms with Crippen molar-refractivity contribution < 1.29 is 4.42 Å². The Hall–Kier alpha value is -1.61. The lowest BCUT2D eigenvalue weighted by molar-refractivity contribution is 0.341. The highest BCUT2D eigenvalue weighted by Crippen LogP contribution is 2.32. The van der Waals surface area contributed by atoms with Crippen molar-refractivity contribution in [1.29, 1.82) is 0 Å². The van der Waals surface area contributed by atoms with Gasteiger partial charge in [-0.1, -0.05) is 31.2 Å². The number of oxazole rings is 1. The fourth-order valence-corrected chi connectivity index (χ4v) is 2.89. The summed E-state index contributed by atoms with van der Waals surface area (Å²) in [7, 11) is 0. The van der Waals surface area contributed by atoms with Gasteiger partial charge in [0, 0.05) is 13.1 Å². The van der Waals surface area contributed by atoms with E-state index in [9.17, 15) is 0 Å². The van der Waals surface area contributed by atoms with Crippen molar-refractivity contribution in [2.75, 3.05) is 13.1 Å². The third-order valence-corrected chi connectivity index (χ3v) is 4.12. The lowest BCUT2D eigenvalue weighted by atomic mass is 9.85. The smallest absolute Gasteiger partial charge is 0.198 e. The van der Waals surface area contributed by atoms with Gasteiger partial charge in [-0.3, -0.25) is 0 Å². The maximum absolute atomic E-state index is 5.67. The number of nitrogens with zero attached hydrogens (tertiary/aromatic N) is 2. The summed E-state index contributed by atoms with van der Waals surface area (Å²) in [5.74, 6) is 2.55. The number of hydrogen-bond donors (Lipinski definition) is 0. The zero-order valence-corrected chi connectivity index (χ0v) is 12.2. The van der Waals surface area contributed by atoms with Crippen molar-refractivity contribution in [3.63, 3.8) is 0 Å². The van der Waals surface area contributed by atoms with Crippen LogP contribution in [-0.4, -0.2) is 18.1 Å². The molecule has 0 bridgehead atoms. The number of aromatic nitrogens is 1. The molecule has 0 amide bonds. The molecule has 0 saturated carbocycles. The first kappa shape index (κ1) is 13.4. The second-order valence-corrected chi connectivity index (χ2v) is 5.62. The minimum atomic E-state index is 0.327. The van der Waals surface area contributed by atoms with Gasteiger partial charge in [-0.25, -0.2) is 10.3 Å². The zero-order chi connectivity index (χ0) is 13.9. The Balaban J connectivity index is 1.74. The van der Waals surface area contributed by atoms with E-state index in [-0.39, 0.29) is 0 Å². The monoisotopic (exact) mass is 269 g/mol. The van der Waals surface area contributed by atoms with Crippen molar-refractivity contribution >= 4 is 0 Å². The minimum absolute atomic E-state index is 0.327. The summed E-state index contributed by atoms with van der Waals surface area (Å²) < 4.78 is 5.67. The highest BCUT2D eigenvalue weighted by molar-refractivity contribution is 5.26. The molecule has 1 radical (unpaired) electrons. The fraction of sp³-hybridized carbons (Fsp3) is 0.471. The van der Waals surface area contributed by atoms with E-state index >= 15 is 0 Å². The van der Waals surface area contributed by atoms with Crippen LogP contribution in [0.3, 0.4) is 0 Å². The molecule has 1 fully saturated rings. The summed E-state index contributed by atoms with van der Waals surface area (Å²) in [5, 5.41) is 4.64. The topological polar surface area (TPSA) is 40.1 Å². The third kappa shape index (κ3) is 2.78. The molecule has 2 atom stereocenters. The van der Waals surface area contributed by atoms with Gasteiger partial charge < -0.3 is 4.42 Å². The van der Waals surface area contributed by atoms with Gasteiger partial charge in [-0.15, -0.1) is 0 Å². The summed E-state index contributed by atoms with van der Waals surface area (Å²) in [6.45, 7) is 5.88. The molecule has 20 heavy (non-hydrogen) atoms. The summed E-state index contributed by atoms with van der Waals surface area (Å²) >= 11 is 0. The van der Waals surface area contributed by atoms with Crippen molar-refractivity contribution in [1.82, 2.24) is 10.3 Å². The predicted molar refractivity (Wildman–Crippen MR) is 79.0 cm³/mol. The Morgan fingerprint density at radius 3 is 2.55 bits per heavy atom. The van der Waals surface area contributed by atoms with E-state index < -0.39 is 0 Å². The van der Waals surface area contributed by atoms with Gasteiger partial charge in [-0.05, 0) is 36.8 Å². The summed E-state index contributed by atoms with van der Waals surface area (Å²) in [6, 6.07) is 8.97. The molecule has 2 aromatic rings. The van der Waals surface area contributed by atoms with Gasteiger partial charge in [0.2, 0.25) is 0 Å². The second kappa shape index (κ2) is 5.80. The van der Waals surface area contributed by atoms with Crippen LogP contribution in [0.4, 0.5) is 0 Å². The van der Waals surface area contributed by atoms with Gasteiger partial charge in [0.1, 0.15) is 5.76 Å². The van der Waals surface area contributed by atoms with Crippen molar-refractivity contribution in [2.24, 2.45) is 0 Å². The number of hydrogen-bond acceptors (Lipinski definition) is 2. The fourth-order valence-electron chi connectivity index (χ4n) is 2.89. The van der Waals surface area contributed by atoms with Gasteiger partial charge in [0.05, 0.1) is 12.1 Å². The molecule has 1 aliphatic heterocycles. The SMILES string of the molecule is CCc1ccc(C2C[N]CC(c3ncc(C)o3)C2)cc1. The molecule has 3 nitrogen and oxygen atoms in total. The number of aryl methyl sites for hydroxylation is 2. The molecular formula is C17H21N2O. The lowest BCUT2D eigenvalue weighted by Gasteiger charge is -2.27. The Bertz CT molecular complexity index is 559. The lowest BCUT2D eigenvalue weighted by Crippen LogP contribution is -2.29. The Labute approximate surface area is 120 Å². The van der Waals surface area contributed by atoms with Crippen LogP contribution < -0.4 is 5.32 Å². The first-order chi connectivity index (χ1) is 9.76. The van der Waals surface area contributed by atoms with E-state index in [0.29, 0.717) is 11.8 Å². The average Bonchev–Trinajstić information content (AvgIpc) is 2.94. The van der Waals surface area contributed by atoms with Crippen molar-refractivity contribution in [2.45, 2.75) is 38.5 Å². The van der Waals surface area contributed by atoms with E-state index in [2.05, 4.69) is 41.5 Å². The van der Waals surface area contributed by atoms with E-state index in [4.69, 9.17) is 4.42 Å². The second-order valence-electron chi connectivity index (χ2n) is 5.62. The Kier molecular flexibility index (Phi) is 3.88. The van der Waals surface area contributed by atoms with Crippen molar-refractivity contribution in [3.05, 3.63) is 53.2 Å². The molecule has 1 aliphatic rings. The first-order valence-corrected chi connectivity index (χ1v) is 7.40. The van der Waals surface area contributed by atoms with Crippen LogP contribution in [-0.2, 0) is 6.42 Å². The number of piperidine rings is 1. The molecule has 0 aliphatic carbocycles. The quantitative estimate of drug-likeness (QED) is 0.856. The highest BCUT2D eigenvalue weighted by atomic mass is 16.4. The van der Waals surface area contributed by atoms with Crippen LogP contribution in [0.25, 0.3) is 0 Å². The molecule has 2 unspecified atom stereocenters. The van der Waals surface area contributed by atoms with Gasteiger partial charge in [0.15, 0.2) is 5.89 Å². The Morgan fingerprint density at radius 1 is 1.15 bits per heavy atom. The van der Waals surface area contributed by atoms with E-state index in [1.165, 1.54) is 11.1 Å². The molecule has 3 heteroatoms.